The first-order valence-corrected chi connectivity index (χ1v) is 5.72. The molecule has 0 spiro atoms. The van der Waals surface area contributed by atoms with E-state index in [9.17, 15) is 4.79 Å². The monoisotopic (exact) mass is 188 g/mol. The first-order valence-electron chi connectivity index (χ1n) is 3.62. The third kappa shape index (κ3) is 2.91. The number of ketones is 1. The molecule has 0 N–H and O–H groups in total. The molecule has 0 amide bonds. The van der Waals surface area contributed by atoms with Gasteiger partial charge in [-0.1, -0.05) is 5.57 Å². The molecule has 0 aromatic heterocycles. The van der Waals surface area contributed by atoms with Crippen molar-refractivity contribution >= 4 is 29.3 Å². The zero-order chi connectivity index (χ0) is 8.27. The lowest BCUT2D eigenvalue weighted by Gasteiger charge is -2.01. The molecule has 0 aromatic carbocycles. The highest BCUT2D eigenvalue weighted by molar-refractivity contribution is 8.21. The summed E-state index contributed by atoms with van der Waals surface area (Å²) in [5.41, 5.74) is 1.10. The van der Waals surface area contributed by atoms with E-state index in [4.69, 9.17) is 0 Å². The van der Waals surface area contributed by atoms with Gasteiger partial charge in [0.1, 0.15) is 4.58 Å². The largest absolute Gasteiger partial charge is 0.293 e. The van der Waals surface area contributed by atoms with E-state index in [1.807, 2.05) is 13.8 Å². The number of carbonyl (C=O) groups excluding carboxylic acids is 1. The Labute approximate surface area is 76.0 Å². The average Bonchev–Trinajstić information content (AvgIpc) is 2.35. The molecule has 1 heterocycles. The first-order chi connectivity index (χ1) is 5.20. The van der Waals surface area contributed by atoms with Crippen molar-refractivity contribution in [2.75, 3.05) is 11.5 Å². The highest BCUT2D eigenvalue weighted by Gasteiger charge is 2.21. The smallest absolute Gasteiger partial charge is 0.178 e. The van der Waals surface area contributed by atoms with E-state index in [1.54, 1.807) is 29.6 Å². The summed E-state index contributed by atoms with van der Waals surface area (Å²) in [6, 6.07) is 0. The van der Waals surface area contributed by atoms with Crippen LogP contribution < -0.4 is 0 Å². The minimum Gasteiger partial charge on any atom is -0.293 e. The molecule has 1 aliphatic rings. The maximum absolute atomic E-state index is 11.3. The Kier molecular flexibility index (Phi) is 3.52. The minimum absolute atomic E-state index is 0.185. The van der Waals surface area contributed by atoms with Gasteiger partial charge in [-0.3, -0.25) is 4.79 Å². The van der Waals surface area contributed by atoms with Crippen molar-refractivity contribution in [3.63, 3.8) is 0 Å². The molecule has 0 aliphatic carbocycles. The fraction of sp³-hybridized carbons (Fsp3) is 0.625. The van der Waals surface area contributed by atoms with Crippen LogP contribution in [0.25, 0.3) is 0 Å². The van der Waals surface area contributed by atoms with Gasteiger partial charge in [-0.05, 0) is 19.9 Å². The van der Waals surface area contributed by atoms with Gasteiger partial charge < -0.3 is 0 Å². The normalized spacial score (nSPS) is 18.4. The van der Waals surface area contributed by atoms with Crippen molar-refractivity contribution in [3.8, 4) is 0 Å². The van der Waals surface area contributed by atoms with Gasteiger partial charge in [0.15, 0.2) is 5.78 Å². The molecule has 0 aromatic rings. The molecule has 1 nitrogen and oxygen atoms in total. The molecule has 0 unspecified atom stereocenters. The maximum Gasteiger partial charge on any atom is 0.178 e. The van der Waals surface area contributed by atoms with Gasteiger partial charge in [0.25, 0.3) is 0 Å². The van der Waals surface area contributed by atoms with Crippen LogP contribution in [-0.2, 0) is 4.79 Å². The van der Waals surface area contributed by atoms with E-state index < -0.39 is 0 Å². The van der Waals surface area contributed by atoms with Crippen LogP contribution in [-0.4, -0.2) is 21.9 Å². The highest BCUT2D eigenvalue weighted by atomic mass is 32.2. The van der Waals surface area contributed by atoms with E-state index >= 15 is 0 Å². The van der Waals surface area contributed by atoms with Gasteiger partial charge in [0.2, 0.25) is 0 Å². The van der Waals surface area contributed by atoms with Gasteiger partial charge in [-0.2, -0.15) is 0 Å². The number of allylic oxidation sites excluding steroid dienone is 2. The summed E-state index contributed by atoms with van der Waals surface area (Å²) in [6.07, 6.45) is 1.75. The lowest BCUT2D eigenvalue weighted by atomic mass is 10.3. The van der Waals surface area contributed by atoms with Gasteiger partial charge in [0, 0.05) is 11.5 Å². The SMILES string of the molecule is CC(C)=CC(=O)C1SCCS1. The zero-order valence-electron chi connectivity index (χ0n) is 6.79. The zero-order valence-corrected chi connectivity index (χ0v) is 8.43. The Morgan fingerprint density at radius 1 is 1.36 bits per heavy atom. The summed E-state index contributed by atoms with van der Waals surface area (Å²) in [5.74, 6) is 2.52. The fourth-order valence-electron chi connectivity index (χ4n) is 0.875. The lowest BCUT2D eigenvalue weighted by Crippen LogP contribution is -2.07. The van der Waals surface area contributed by atoms with E-state index in [2.05, 4.69) is 0 Å². The van der Waals surface area contributed by atoms with Crippen molar-refractivity contribution in [2.24, 2.45) is 0 Å². The molecule has 0 bridgehead atoms. The second-order valence-corrected chi connectivity index (χ2v) is 5.42. The summed E-state index contributed by atoms with van der Waals surface area (Å²) in [5, 5.41) is 0. The summed E-state index contributed by atoms with van der Waals surface area (Å²) < 4.78 is 0.185. The molecule has 0 radical (unpaired) electrons. The molecule has 1 rings (SSSR count). The Morgan fingerprint density at radius 3 is 2.36 bits per heavy atom. The second-order valence-electron chi connectivity index (χ2n) is 2.70. The Bertz CT molecular complexity index is 177. The summed E-state index contributed by atoms with van der Waals surface area (Å²) in [4.78, 5) is 11.3. The number of hydrogen-bond acceptors (Lipinski definition) is 3. The molecule has 3 heteroatoms. The fourth-order valence-corrected chi connectivity index (χ4v) is 3.50. The first kappa shape index (κ1) is 9.20. The topological polar surface area (TPSA) is 17.1 Å². The van der Waals surface area contributed by atoms with E-state index in [-0.39, 0.29) is 10.4 Å². The predicted octanol–water partition coefficient (Wildman–Crippen LogP) is 2.33. The van der Waals surface area contributed by atoms with Crippen LogP contribution in [0.15, 0.2) is 11.6 Å². The molecule has 1 aliphatic heterocycles. The van der Waals surface area contributed by atoms with Gasteiger partial charge in [-0.25, -0.2) is 0 Å². The Balaban J connectivity index is 2.47. The molecular weight excluding hydrogens is 176 g/mol. The second kappa shape index (κ2) is 4.21. The van der Waals surface area contributed by atoms with E-state index in [0.717, 1.165) is 17.1 Å². The number of rotatable bonds is 2. The van der Waals surface area contributed by atoms with Crippen molar-refractivity contribution in [1.82, 2.24) is 0 Å². The Morgan fingerprint density at radius 2 is 1.91 bits per heavy atom. The predicted molar refractivity (Wildman–Crippen MR) is 53.1 cm³/mol. The number of carbonyl (C=O) groups is 1. The van der Waals surface area contributed by atoms with Crippen LogP contribution in [0.1, 0.15) is 13.8 Å². The molecule has 62 valence electrons. The molecule has 1 fully saturated rings. The van der Waals surface area contributed by atoms with Crippen LogP contribution in [0, 0.1) is 0 Å². The maximum atomic E-state index is 11.3. The van der Waals surface area contributed by atoms with Crippen molar-refractivity contribution in [2.45, 2.75) is 18.4 Å². The molecule has 0 saturated carbocycles. The summed E-state index contributed by atoms with van der Waals surface area (Å²) in [6.45, 7) is 3.92. The van der Waals surface area contributed by atoms with Crippen LogP contribution in [0.3, 0.4) is 0 Å². The average molecular weight is 188 g/mol. The third-order valence-corrected chi connectivity index (χ3v) is 4.31. The van der Waals surface area contributed by atoms with Crippen molar-refractivity contribution < 1.29 is 4.79 Å². The van der Waals surface area contributed by atoms with Gasteiger partial charge in [0.05, 0.1) is 0 Å². The van der Waals surface area contributed by atoms with Crippen LogP contribution >= 0.6 is 23.5 Å². The van der Waals surface area contributed by atoms with Crippen LogP contribution in [0.5, 0.6) is 0 Å². The molecule has 11 heavy (non-hydrogen) atoms. The summed E-state index contributed by atoms with van der Waals surface area (Å²) in [7, 11) is 0. The quantitative estimate of drug-likeness (QED) is 0.619. The van der Waals surface area contributed by atoms with E-state index in [0.29, 0.717) is 0 Å². The molecule has 0 atom stereocenters. The number of hydrogen-bond donors (Lipinski definition) is 0. The molecule has 1 saturated heterocycles. The Hall–Kier alpha value is 0.110. The lowest BCUT2D eigenvalue weighted by molar-refractivity contribution is -0.112. The summed E-state index contributed by atoms with van der Waals surface area (Å²) >= 11 is 3.52. The minimum atomic E-state index is 0.185. The highest BCUT2D eigenvalue weighted by Crippen LogP contribution is 2.32. The standard InChI is InChI=1S/C8H12OS2/c1-6(2)5-7(9)8-10-3-4-11-8/h5,8H,3-4H2,1-2H3. The van der Waals surface area contributed by atoms with Crippen molar-refractivity contribution in [1.29, 1.82) is 0 Å². The van der Waals surface area contributed by atoms with Crippen LogP contribution in [0.2, 0.25) is 0 Å². The van der Waals surface area contributed by atoms with Crippen LogP contribution in [0.4, 0.5) is 0 Å². The van der Waals surface area contributed by atoms with Crippen molar-refractivity contribution in [3.05, 3.63) is 11.6 Å². The number of thioether (sulfide) groups is 2. The third-order valence-electron chi connectivity index (χ3n) is 1.29. The molecular formula is C8H12OS2. The van der Waals surface area contributed by atoms with E-state index in [1.165, 1.54) is 0 Å². The van der Waals surface area contributed by atoms with Gasteiger partial charge >= 0.3 is 0 Å². The van der Waals surface area contributed by atoms with Gasteiger partial charge in [-0.15, -0.1) is 23.5 Å².